The third kappa shape index (κ3) is 1.38. The van der Waals surface area contributed by atoms with E-state index in [1.54, 1.807) is 0 Å². The van der Waals surface area contributed by atoms with Gasteiger partial charge in [-0.2, -0.15) is 0 Å². The van der Waals surface area contributed by atoms with Crippen molar-refractivity contribution in [1.29, 1.82) is 0 Å². The molecule has 1 nitrogen and oxygen atoms in total. The van der Waals surface area contributed by atoms with Gasteiger partial charge in [-0.1, -0.05) is 45.7 Å². The quantitative estimate of drug-likeness (QED) is 0.663. The molecule has 1 aromatic carbocycles. The highest BCUT2D eigenvalue weighted by atomic mass is 79.9. The lowest BCUT2D eigenvalue weighted by molar-refractivity contribution is 0.729. The van der Waals surface area contributed by atoms with Gasteiger partial charge in [-0.3, -0.25) is 4.99 Å². The topological polar surface area (TPSA) is 12.4 Å². The minimum atomic E-state index is 0.0505. The lowest BCUT2D eigenvalue weighted by atomic mass is 9.82. The molecule has 0 N–H and O–H groups in total. The third-order valence-corrected chi connectivity index (χ3v) is 3.94. The van der Waals surface area contributed by atoms with Gasteiger partial charge in [0.25, 0.3) is 0 Å². The second kappa shape index (κ2) is 3.17. The molecule has 0 atom stereocenters. The van der Waals surface area contributed by atoms with Gasteiger partial charge in [0.15, 0.2) is 0 Å². The Morgan fingerprint density at radius 3 is 2.50 bits per heavy atom. The Morgan fingerprint density at radius 1 is 1.21 bits per heavy atom. The Balaban J connectivity index is 2.73. The maximum atomic E-state index is 4.58. The number of hydrogen-bond acceptors (Lipinski definition) is 1. The Labute approximate surface area is 101 Å². The first-order valence-corrected chi connectivity index (χ1v) is 6.07. The molecule has 0 saturated carbocycles. The summed E-state index contributed by atoms with van der Waals surface area (Å²) < 4.78 is 2.20. The molecule has 0 aliphatic carbocycles. The van der Waals surface area contributed by atoms with Gasteiger partial charge in [-0.15, -0.1) is 0 Å². The van der Waals surface area contributed by atoms with Crippen LogP contribution >= 0.6 is 31.9 Å². The van der Waals surface area contributed by atoms with Gasteiger partial charge in [0.05, 0.1) is 5.69 Å². The molecule has 3 heteroatoms. The number of aliphatic imine (C=N–C) groups is 1. The molecule has 1 heterocycles. The maximum absolute atomic E-state index is 4.58. The fourth-order valence-corrected chi connectivity index (χ4v) is 3.47. The van der Waals surface area contributed by atoms with E-state index in [0.29, 0.717) is 0 Å². The molecule has 1 aromatic rings. The smallest absolute Gasteiger partial charge is 0.0693 e. The molecule has 0 spiro atoms. The van der Waals surface area contributed by atoms with Gasteiger partial charge in [0.2, 0.25) is 0 Å². The molecule has 0 radical (unpaired) electrons. The van der Waals surface area contributed by atoms with Gasteiger partial charge >= 0.3 is 0 Å². The molecule has 74 valence electrons. The van der Waals surface area contributed by atoms with Crippen molar-refractivity contribution in [2.24, 2.45) is 4.99 Å². The normalized spacial score (nSPS) is 17.9. The molecule has 0 bridgehead atoms. The molecule has 1 aliphatic rings. The molecule has 0 amide bonds. The first kappa shape index (κ1) is 10.4. The fourth-order valence-electron chi connectivity index (χ4n) is 1.77. The standard InChI is InChI=1S/C11H11Br2N/c1-6-11(2,3)10-8(13)4-7(12)5-9(10)14-6/h4-5H,1-3H3. The molecule has 2 rings (SSSR count). The monoisotopic (exact) mass is 315 g/mol. The second-order valence-electron chi connectivity index (χ2n) is 4.10. The van der Waals surface area contributed by atoms with Crippen molar-refractivity contribution in [2.45, 2.75) is 26.2 Å². The molecular weight excluding hydrogens is 306 g/mol. The number of fused-ring (bicyclic) bond motifs is 1. The van der Waals surface area contributed by atoms with Crippen molar-refractivity contribution in [3.05, 3.63) is 26.6 Å². The lowest BCUT2D eigenvalue weighted by Gasteiger charge is -2.21. The summed E-state index contributed by atoms with van der Waals surface area (Å²) in [6, 6.07) is 4.15. The summed E-state index contributed by atoms with van der Waals surface area (Å²) in [4.78, 5) is 4.58. The largest absolute Gasteiger partial charge is 0.257 e. The molecule has 1 aliphatic heterocycles. The summed E-state index contributed by atoms with van der Waals surface area (Å²) in [6.45, 7) is 6.49. The van der Waals surface area contributed by atoms with E-state index in [4.69, 9.17) is 0 Å². The van der Waals surface area contributed by atoms with Crippen LogP contribution in [0, 0.1) is 0 Å². The zero-order valence-electron chi connectivity index (χ0n) is 8.36. The van der Waals surface area contributed by atoms with Crippen LogP contribution < -0.4 is 0 Å². The zero-order valence-corrected chi connectivity index (χ0v) is 11.5. The van der Waals surface area contributed by atoms with E-state index >= 15 is 0 Å². The van der Waals surface area contributed by atoms with Crippen LogP contribution in [0.2, 0.25) is 0 Å². The van der Waals surface area contributed by atoms with E-state index in [0.717, 1.165) is 14.6 Å². The van der Waals surface area contributed by atoms with Crippen molar-refractivity contribution in [3.63, 3.8) is 0 Å². The number of hydrogen-bond donors (Lipinski definition) is 0. The highest BCUT2D eigenvalue weighted by Gasteiger charge is 2.34. The third-order valence-electron chi connectivity index (χ3n) is 2.85. The highest BCUT2D eigenvalue weighted by Crippen LogP contribution is 2.45. The van der Waals surface area contributed by atoms with E-state index in [1.807, 2.05) is 0 Å². The van der Waals surface area contributed by atoms with Crippen LogP contribution in [0.25, 0.3) is 0 Å². The van der Waals surface area contributed by atoms with Crippen LogP contribution in [0.3, 0.4) is 0 Å². The Hall–Kier alpha value is -0.150. The van der Waals surface area contributed by atoms with Crippen LogP contribution in [0.5, 0.6) is 0 Å². The van der Waals surface area contributed by atoms with Gasteiger partial charge in [0, 0.05) is 25.6 Å². The average molecular weight is 317 g/mol. The number of rotatable bonds is 0. The van der Waals surface area contributed by atoms with E-state index < -0.39 is 0 Å². The van der Waals surface area contributed by atoms with Crippen LogP contribution in [0.4, 0.5) is 5.69 Å². The highest BCUT2D eigenvalue weighted by molar-refractivity contribution is 9.11. The SMILES string of the molecule is CC1=Nc2cc(Br)cc(Br)c2C1(C)C. The molecule has 0 aromatic heterocycles. The fraction of sp³-hybridized carbons (Fsp3) is 0.364. The van der Waals surface area contributed by atoms with Crippen LogP contribution in [0.15, 0.2) is 26.1 Å². The van der Waals surface area contributed by atoms with Crippen LogP contribution in [-0.2, 0) is 5.41 Å². The zero-order chi connectivity index (χ0) is 10.5. The molecular formula is C11H11Br2N. The predicted octanol–water partition coefficient (Wildman–Crippen LogP) is 4.60. The molecule has 0 fully saturated rings. The van der Waals surface area contributed by atoms with Gasteiger partial charge < -0.3 is 0 Å². The van der Waals surface area contributed by atoms with Crippen molar-refractivity contribution in [1.82, 2.24) is 0 Å². The maximum Gasteiger partial charge on any atom is 0.0693 e. The Morgan fingerprint density at radius 2 is 1.86 bits per heavy atom. The lowest BCUT2D eigenvalue weighted by Crippen LogP contribution is -2.23. The minimum Gasteiger partial charge on any atom is -0.257 e. The summed E-state index contributed by atoms with van der Waals surface area (Å²) in [5, 5.41) is 0. The van der Waals surface area contributed by atoms with Gasteiger partial charge in [-0.25, -0.2) is 0 Å². The Bertz CT molecular complexity index is 433. The average Bonchev–Trinajstić information content (AvgIpc) is 2.21. The summed E-state index contributed by atoms with van der Waals surface area (Å²) in [5.41, 5.74) is 3.59. The minimum absolute atomic E-state index is 0.0505. The number of nitrogens with zero attached hydrogens (tertiary/aromatic N) is 1. The Kier molecular flexibility index (Phi) is 2.35. The van der Waals surface area contributed by atoms with Crippen molar-refractivity contribution in [2.75, 3.05) is 0 Å². The van der Waals surface area contributed by atoms with Crippen LogP contribution in [0.1, 0.15) is 26.3 Å². The van der Waals surface area contributed by atoms with E-state index in [9.17, 15) is 0 Å². The first-order valence-electron chi connectivity index (χ1n) is 4.48. The van der Waals surface area contributed by atoms with Crippen LogP contribution in [-0.4, -0.2) is 5.71 Å². The van der Waals surface area contributed by atoms with E-state index in [2.05, 4.69) is 69.8 Å². The second-order valence-corrected chi connectivity index (χ2v) is 5.87. The van der Waals surface area contributed by atoms with E-state index in [-0.39, 0.29) is 5.41 Å². The predicted molar refractivity (Wildman–Crippen MR) is 67.6 cm³/mol. The molecule has 0 unspecified atom stereocenters. The van der Waals surface area contributed by atoms with Crippen molar-refractivity contribution >= 4 is 43.3 Å². The van der Waals surface area contributed by atoms with Crippen molar-refractivity contribution < 1.29 is 0 Å². The van der Waals surface area contributed by atoms with Crippen molar-refractivity contribution in [3.8, 4) is 0 Å². The van der Waals surface area contributed by atoms with Gasteiger partial charge in [0.1, 0.15) is 0 Å². The number of benzene rings is 1. The summed E-state index contributed by atoms with van der Waals surface area (Å²) >= 11 is 7.07. The molecule has 14 heavy (non-hydrogen) atoms. The first-order chi connectivity index (χ1) is 6.43. The summed E-state index contributed by atoms with van der Waals surface area (Å²) in [6.07, 6.45) is 0. The molecule has 0 saturated heterocycles. The number of halogens is 2. The van der Waals surface area contributed by atoms with E-state index in [1.165, 1.54) is 11.3 Å². The summed E-state index contributed by atoms with van der Waals surface area (Å²) in [7, 11) is 0. The van der Waals surface area contributed by atoms with Gasteiger partial charge in [-0.05, 0) is 19.1 Å². The summed E-state index contributed by atoms with van der Waals surface area (Å²) in [5.74, 6) is 0.